The first kappa shape index (κ1) is 24.3. The third kappa shape index (κ3) is 4.84. The average Bonchev–Trinajstić information content (AvgIpc) is 3.11. The van der Waals surface area contributed by atoms with Crippen LogP contribution in [0.3, 0.4) is 0 Å². The molecule has 0 unspecified atom stereocenters. The summed E-state index contributed by atoms with van der Waals surface area (Å²) in [4.78, 5) is 16.4. The fourth-order valence-corrected chi connectivity index (χ4v) is 3.96. The van der Waals surface area contributed by atoms with Crippen LogP contribution in [0.2, 0.25) is 0 Å². The van der Waals surface area contributed by atoms with E-state index in [2.05, 4.69) is 15.6 Å². The number of aromatic nitrogens is 3. The molecular weight excluding hydrogens is 437 g/mol. The molecule has 11 heteroatoms. The number of halogens is 4. The standard InChI is InChI=1S/C19H24F2N6O.2ClH/c1-13-18(23-24-27(13)15-4-6-22-7-5-15)19(28)26-10-8-25(9-11-26)17-12-14(20)2-3-16(17)21;;/h2-3,12,15,22H,4-11H2,1H3;2*1H. The number of nitrogens with one attached hydrogen (secondary N) is 1. The van der Waals surface area contributed by atoms with Crippen molar-refractivity contribution < 1.29 is 13.6 Å². The van der Waals surface area contributed by atoms with Gasteiger partial charge in [-0.1, -0.05) is 5.21 Å². The van der Waals surface area contributed by atoms with Crippen molar-refractivity contribution in [1.29, 1.82) is 0 Å². The lowest BCUT2D eigenvalue weighted by Gasteiger charge is -2.36. The fraction of sp³-hybridized carbons (Fsp3) is 0.526. The molecule has 0 bridgehead atoms. The van der Waals surface area contributed by atoms with Crippen LogP contribution in [0.4, 0.5) is 14.5 Å². The zero-order valence-corrected chi connectivity index (χ0v) is 18.3. The number of piperazine rings is 1. The number of amides is 1. The van der Waals surface area contributed by atoms with Crippen LogP contribution >= 0.6 is 24.8 Å². The van der Waals surface area contributed by atoms with Gasteiger partial charge in [0.1, 0.15) is 11.6 Å². The molecule has 0 saturated carbocycles. The minimum Gasteiger partial charge on any atom is -0.366 e. The second-order valence-corrected chi connectivity index (χ2v) is 7.32. The summed E-state index contributed by atoms with van der Waals surface area (Å²) in [5.74, 6) is -1.08. The molecule has 2 aliphatic heterocycles. The van der Waals surface area contributed by atoms with Crippen LogP contribution in [0.25, 0.3) is 0 Å². The van der Waals surface area contributed by atoms with Gasteiger partial charge in [0, 0.05) is 32.2 Å². The lowest BCUT2D eigenvalue weighted by atomic mass is 10.1. The highest BCUT2D eigenvalue weighted by atomic mass is 35.5. The first-order valence-electron chi connectivity index (χ1n) is 9.66. The highest BCUT2D eigenvalue weighted by Crippen LogP contribution is 2.24. The van der Waals surface area contributed by atoms with E-state index in [-0.39, 0.29) is 42.5 Å². The number of hydrogen-bond acceptors (Lipinski definition) is 5. The zero-order valence-electron chi connectivity index (χ0n) is 16.7. The minimum absolute atomic E-state index is 0. The number of anilines is 1. The largest absolute Gasteiger partial charge is 0.366 e. The molecular formula is C19H26Cl2F2N6O. The van der Waals surface area contributed by atoms with Crippen molar-refractivity contribution in [3.63, 3.8) is 0 Å². The Balaban J connectivity index is 0.00000160. The van der Waals surface area contributed by atoms with Gasteiger partial charge in [0.15, 0.2) is 5.69 Å². The van der Waals surface area contributed by atoms with Gasteiger partial charge in [-0.25, -0.2) is 13.5 Å². The molecule has 30 heavy (non-hydrogen) atoms. The molecule has 0 radical (unpaired) electrons. The number of benzene rings is 1. The lowest BCUT2D eigenvalue weighted by Crippen LogP contribution is -2.49. The van der Waals surface area contributed by atoms with E-state index in [0.717, 1.165) is 43.8 Å². The van der Waals surface area contributed by atoms with Crippen LogP contribution < -0.4 is 10.2 Å². The van der Waals surface area contributed by atoms with Crippen molar-refractivity contribution in [2.45, 2.75) is 25.8 Å². The maximum absolute atomic E-state index is 14.0. The second-order valence-electron chi connectivity index (χ2n) is 7.32. The van der Waals surface area contributed by atoms with Gasteiger partial charge >= 0.3 is 0 Å². The summed E-state index contributed by atoms with van der Waals surface area (Å²) < 4.78 is 29.3. The summed E-state index contributed by atoms with van der Waals surface area (Å²) in [6.07, 6.45) is 1.94. The van der Waals surface area contributed by atoms with Gasteiger partial charge in [0.05, 0.1) is 17.4 Å². The zero-order chi connectivity index (χ0) is 19.7. The van der Waals surface area contributed by atoms with E-state index in [4.69, 9.17) is 0 Å². The van der Waals surface area contributed by atoms with Crippen LogP contribution in [0, 0.1) is 18.6 Å². The van der Waals surface area contributed by atoms with E-state index < -0.39 is 11.6 Å². The van der Waals surface area contributed by atoms with Gasteiger partial charge in [-0.2, -0.15) is 0 Å². The summed E-state index contributed by atoms with van der Waals surface area (Å²) in [6, 6.07) is 3.70. The number of piperidine rings is 1. The summed E-state index contributed by atoms with van der Waals surface area (Å²) in [6.45, 7) is 5.48. The van der Waals surface area contributed by atoms with Gasteiger partial charge < -0.3 is 15.1 Å². The van der Waals surface area contributed by atoms with Crippen LogP contribution in [0.5, 0.6) is 0 Å². The lowest BCUT2D eigenvalue weighted by molar-refractivity contribution is 0.0739. The van der Waals surface area contributed by atoms with E-state index in [1.165, 1.54) is 6.07 Å². The van der Waals surface area contributed by atoms with Crippen molar-refractivity contribution in [3.05, 3.63) is 41.2 Å². The van der Waals surface area contributed by atoms with Crippen LogP contribution in [-0.2, 0) is 0 Å². The predicted molar refractivity (Wildman–Crippen MR) is 115 cm³/mol. The molecule has 3 heterocycles. The van der Waals surface area contributed by atoms with E-state index in [1.54, 1.807) is 9.80 Å². The SMILES string of the molecule is Cc1c(C(=O)N2CCN(c3cc(F)ccc3F)CC2)nnn1C1CCNCC1.Cl.Cl. The Labute approximate surface area is 186 Å². The Morgan fingerprint density at radius 2 is 1.77 bits per heavy atom. The number of nitrogens with zero attached hydrogens (tertiary/aromatic N) is 5. The highest BCUT2D eigenvalue weighted by Gasteiger charge is 2.29. The molecule has 1 aromatic heterocycles. The summed E-state index contributed by atoms with van der Waals surface area (Å²) in [5, 5.41) is 11.7. The van der Waals surface area contributed by atoms with Crippen molar-refractivity contribution >= 4 is 36.4 Å². The third-order valence-electron chi connectivity index (χ3n) is 5.60. The summed E-state index contributed by atoms with van der Waals surface area (Å²) in [7, 11) is 0. The molecule has 0 aliphatic carbocycles. The Bertz CT molecular complexity index is 867. The highest BCUT2D eigenvalue weighted by molar-refractivity contribution is 5.93. The van der Waals surface area contributed by atoms with Crippen LogP contribution in [0.1, 0.15) is 35.1 Å². The molecule has 4 rings (SSSR count). The molecule has 2 saturated heterocycles. The van der Waals surface area contributed by atoms with Gasteiger partial charge in [-0.15, -0.1) is 29.9 Å². The van der Waals surface area contributed by atoms with Gasteiger partial charge in [0.2, 0.25) is 0 Å². The quantitative estimate of drug-likeness (QED) is 0.759. The second kappa shape index (κ2) is 10.4. The first-order chi connectivity index (χ1) is 13.5. The third-order valence-corrected chi connectivity index (χ3v) is 5.60. The van der Waals surface area contributed by atoms with Crippen LogP contribution in [0.15, 0.2) is 18.2 Å². The molecule has 0 spiro atoms. The fourth-order valence-electron chi connectivity index (χ4n) is 3.96. The van der Waals surface area contributed by atoms with Crippen molar-refractivity contribution in [1.82, 2.24) is 25.2 Å². The predicted octanol–water partition coefficient (Wildman–Crippen LogP) is 2.60. The molecule has 166 valence electrons. The topological polar surface area (TPSA) is 66.3 Å². The molecule has 7 nitrogen and oxygen atoms in total. The molecule has 2 fully saturated rings. The van der Waals surface area contributed by atoms with E-state index in [0.29, 0.717) is 31.9 Å². The number of carbonyl (C=O) groups is 1. The molecule has 0 atom stereocenters. The smallest absolute Gasteiger partial charge is 0.276 e. The average molecular weight is 463 g/mol. The molecule has 2 aliphatic rings. The van der Waals surface area contributed by atoms with E-state index in [9.17, 15) is 13.6 Å². The van der Waals surface area contributed by atoms with E-state index >= 15 is 0 Å². The van der Waals surface area contributed by atoms with Gasteiger partial charge in [-0.3, -0.25) is 4.79 Å². The van der Waals surface area contributed by atoms with Crippen molar-refractivity contribution in [3.8, 4) is 0 Å². The Morgan fingerprint density at radius 3 is 2.43 bits per heavy atom. The Hall–Kier alpha value is -1.97. The molecule has 1 N–H and O–H groups in total. The summed E-state index contributed by atoms with van der Waals surface area (Å²) in [5.41, 5.74) is 1.40. The molecule has 1 aromatic carbocycles. The maximum atomic E-state index is 14.0. The first-order valence-corrected chi connectivity index (χ1v) is 9.66. The molecule has 1 amide bonds. The van der Waals surface area contributed by atoms with Crippen LogP contribution in [-0.4, -0.2) is 65.1 Å². The van der Waals surface area contributed by atoms with Gasteiger partial charge in [-0.05, 0) is 45.0 Å². The van der Waals surface area contributed by atoms with E-state index in [1.807, 2.05) is 11.6 Å². The Kier molecular flexibility index (Phi) is 8.40. The number of hydrogen-bond donors (Lipinski definition) is 1. The van der Waals surface area contributed by atoms with Gasteiger partial charge in [0.25, 0.3) is 5.91 Å². The Morgan fingerprint density at radius 1 is 1.10 bits per heavy atom. The number of carbonyl (C=O) groups excluding carboxylic acids is 1. The normalized spacial score (nSPS) is 17.3. The maximum Gasteiger partial charge on any atom is 0.276 e. The minimum atomic E-state index is -0.472. The monoisotopic (exact) mass is 462 g/mol. The summed E-state index contributed by atoms with van der Waals surface area (Å²) >= 11 is 0. The molecule has 2 aromatic rings. The number of rotatable bonds is 3. The van der Waals surface area contributed by atoms with Crippen molar-refractivity contribution in [2.24, 2.45) is 0 Å². The van der Waals surface area contributed by atoms with Crippen molar-refractivity contribution in [2.75, 3.05) is 44.2 Å².